The maximum Gasteiger partial charge on any atom is 0.142 e. The third kappa shape index (κ3) is 2.25. The average molecular weight is 235 g/mol. The molecule has 17 heavy (non-hydrogen) atoms. The number of benzene rings is 1. The molecule has 0 heterocycles. The first-order valence-corrected chi connectivity index (χ1v) is 6.22. The second-order valence-corrected chi connectivity index (χ2v) is 5.20. The Morgan fingerprint density at radius 3 is 2.71 bits per heavy atom. The maximum absolute atomic E-state index is 9.73. The largest absolute Gasteiger partial charge is 0.492 e. The van der Waals surface area contributed by atoms with Crippen LogP contribution in [-0.2, 0) is 0 Å². The van der Waals surface area contributed by atoms with Crippen LogP contribution in [0.5, 0.6) is 5.75 Å². The molecule has 0 radical (unpaired) electrons. The number of anilines is 1. The fourth-order valence-electron chi connectivity index (χ4n) is 2.20. The maximum atomic E-state index is 9.73. The molecular formula is C14H21NO2. The van der Waals surface area contributed by atoms with Gasteiger partial charge in [0.25, 0.3) is 0 Å². The van der Waals surface area contributed by atoms with Gasteiger partial charge in [-0.2, -0.15) is 0 Å². The van der Waals surface area contributed by atoms with E-state index in [4.69, 9.17) is 4.74 Å². The van der Waals surface area contributed by atoms with Gasteiger partial charge < -0.3 is 15.2 Å². The zero-order valence-corrected chi connectivity index (χ0v) is 10.7. The molecule has 1 aromatic carbocycles. The van der Waals surface area contributed by atoms with Crippen molar-refractivity contribution in [2.24, 2.45) is 5.41 Å². The number of aliphatic hydroxyl groups excluding tert-OH is 1. The van der Waals surface area contributed by atoms with E-state index < -0.39 is 0 Å². The van der Waals surface area contributed by atoms with E-state index in [0.717, 1.165) is 17.9 Å². The molecule has 0 bridgehead atoms. The molecule has 0 aliphatic heterocycles. The lowest BCUT2D eigenvalue weighted by Gasteiger charge is -2.50. The normalized spacial score (nSPS) is 26.1. The Morgan fingerprint density at radius 1 is 1.41 bits per heavy atom. The summed E-state index contributed by atoms with van der Waals surface area (Å²) in [5, 5.41) is 13.2. The lowest BCUT2D eigenvalue weighted by atomic mass is 9.64. The van der Waals surface area contributed by atoms with Crippen molar-refractivity contribution in [3.63, 3.8) is 0 Å². The second-order valence-electron chi connectivity index (χ2n) is 5.20. The zero-order chi connectivity index (χ0) is 12.5. The van der Waals surface area contributed by atoms with Crippen molar-refractivity contribution >= 4 is 5.69 Å². The van der Waals surface area contributed by atoms with Crippen LogP contribution in [0.2, 0.25) is 0 Å². The van der Waals surface area contributed by atoms with Gasteiger partial charge in [0.15, 0.2) is 0 Å². The smallest absolute Gasteiger partial charge is 0.142 e. The Labute approximate surface area is 103 Å². The van der Waals surface area contributed by atoms with E-state index in [0.29, 0.717) is 12.6 Å². The Kier molecular flexibility index (Phi) is 3.29. The van der Waals surface area contributed by atoms with E-state index in [9.17, 15) is 5.11 Å². The van der Waals surface area contributed by atoms with Gasteiger partial charge in [0.2, 0.25) is 0 Å². The average Bonchev–Trinajstić information content (AvgIpc) is 2.31. The minimum Gasteiger partial charge on any atom is -0.492 e. The van der Waals surface area contributed by atoms with Gasteiger partial charge in [-0.1, -0.05) is 26.0 Å². The Bertz CT molecular complexity index is 390. The van der Waals surface area contributed by atoms with E-state index in [1.54, 1.807) is 0 Å². The number of aliphatic hydroxyl groups is 1. The minimum atomic E-state index is -0.209. The highest BCUT2D eigenvalue weighted by Crippen LogP contribution is 2.43. The van der Waals surface area contributed by atoms with E-state index in [2.05, 4.69) is 19.2 Å². The van der Waals surface area contributed by atoms with Gasteiger partial charge in [0.05, 0.1) is 18.4 Å². The van der Waals surface area contributed by atoms with Crippen molar-refractivity contribution < 1.29 is 9.84 Å². The van der Waals surface area contributed by atoms with Gasteiger partial charge in [-0.25, -0.2) is 0 Å². The number of ether oxygens (including phenoxy) is 1. The Balaban J connectivity index is 2.09. The summed E-state index contributed by atoms with van der Waals surface area (Å²) in [5.41, 5.74) is 0.943. The molecule has 2 N–H and O–H groups in total. The first kappa shape index (κ1) is 12.2. The van der Waals surface area contributed by atoms with E-state index in [1.807, 2.05) is 31.2 Å². The van der Waals surface area contributed by atoms with Crippen LogP contribution >= 0.6 is 0 Å². The molecule has 94 valence electrons. The van der Waals surface area contributed by atoms with Crippen LogP contribution in [0.4, 0.5) is 5.69 Å². The van der Waals surface area contributed by atoms with Gasteiger partial charge in [-0.05, 0) is 25.5 Å². The highest BCUT2D eigenvalue weighted by Gasteiger charge is 2.47. The molecular weight excluding hydrogens is 214 g/mol. The van der Waals surface area contributed by atoms with Crippen molar-refractivity contribution in [2.75, 3.05) is 11.9 Å². The highest BCUT2D eigenvalue weighted by atomic mass is 16.5. The van der Waals surface area contributed by atoms with Crippen LogP contribution in [0.3, 0.4) is 0 Å². The summed E-state index contributed by atoms with van der Waals surface area (Å²) in [6, 6.07) is 8.25. The summed E-state index contributed by atoms with van der Waals surface area (Å²) in [6.07, 6.45) is 0.590. The highest BCUT2D eigenvalue weighted by molar-refractivity contribution is 5.57. The van der Waals surface area contributed by atoms with Crippen molar-refractivity contribution in [2.45, 2.75) is 39.3 Å². The number of hydrogen-bond acceptors (Lipinski definition) is 3. The molecule has 1 fully saturated rings. The summed E-state index contributed by atoms with van der Waals surface area (Å²) in [6.45, 7) is 6.81. The van der Waals surface area contributed by atoms with Crippen LogP contribution in [-0.4, -0.2) is 23.9 Å². The fraction of sp³-hybridized carbons (Fsp3) is 0.571. The van der Waals surface area contributed by atoms with Gasteiger partial charge >= 0.3 is 0 Å². The number of para-hydroxylation sites is 2. The van der Waals surface area contributed by atoms with Crippen molar-refractivity contribution in [3.8, 4) is 5.75 Å². The van der Waals surface area contributed by atoms with Crippen molar-refractivity contribution in [3.05, 3.63) is 24.3 Å². The van der Waals surface area contributed by atoms with Crippen LogP contribution in [0.1, 0.15) is 27.2 Å². The Hall–Kier alpha value is -1.22. The van der Waals surface area contributed by atoms with Gasteiger partial charge in [-0.3, -0.25) is 0 Å². The molecule has 2 unspecified atom stereocenters. The van der Waals surface area contributed by atoms with Gasteiger partial charge in [0, 0.05) is 11.5 Å². The lowest BCUT2D eigenvalue weighted by Crippen LogP contribution is -2.56. The SMILES string of the molecule is CCOc1ccccc1NC1CC(O)C1(C)C. The fourth-order valence-corrected chi connectivity index (χ4v) is 2.20. The summed E-state index contributed by atoms with van der Waals surface area (Å²) in [5.74, 6) is 0.882. The van der Waals surface area contributed by atoms with Crippen LogP contribution in [0.15, 0.2) is 24.3 Å². The minimum absolute atomic E-state index is 0.0701. The summed E-state index contributed by atoms with van der Waals surface area (Å²) >= 11 is 0. The third-order valence-electron chi connectivity index (χ3n) is 3.73. The molecule has 1 saturated carbocycles. The first-order valence-electron chi connectivity index (χ1n) is 6.22. The molecule has 1 aliphatic carbocycles. The number of nitrogens with one attached hydrogen (secondary N) is 1. The van der Waals surface area contributed by atoms with Crippen LogP contribution < -0.4 is 10.1 Å². The monoisotopic (exact) mass is 235 g/mol. The molecule has 2 atom stereocenters. The predicted octanol–water partition coefficient (Wildman–Crippen LogP) is 2.66. The standard InChI is InChI=1S/C14H21NO2/c1-4-17-11-8-6-5-7-10(11)15-12-9-13(16)14(12,2)3/h5-8,12-13,15-16H,4,9H2,1-3H3. The summed E-state index contributed by atoms with van der Waals surface area (Å²) in [4.78, 5) is 0. The summed E-state index contributed by atoms with van der Waals surface area (Å²) in [7, 11) is 0. The first-order chi connectivity index (χ1) is 8.05. The third-order valence-corrected chi connectivity index (χ3v) is 3.73. The zero-order valence-electron chi connectivity index (χ0n) is 10.7. The topological polar surface area (TPSA) is 41.5 Å². The van der Waals surface area contributed by atoms with E-state index >= 15 is 0 Å². The molecule has 1 aliphatic rings. The Morgan fingerprint density at radius 2 is 2.12 bits per heavy atom. The molecule has 3 heteroatoms. The van der Waals surface area contributed by atoms with Crippen LogP contribution in [0.25, 0.3) is 0 Å². The summed E-state index contributed by atoms with van der Waals surface area (Å²) < 4.78 is 5.58. The van der Waals surface area contributed by atoms with Crippen molar-refractivity contribution in [1.29, 1.82) is 0 Å². The molecule has 3 nitrogen and oxygen atoms in total. The van der Waals surface area contributed by atoms with E-state index in [1.165, 1.54) is 0 Å². The van der Waals surface area contributed by atoms with Gasteiger partial charge in [-0.15, -0.1) is 0 Å². The van der Waals surface area contributed by atoms with E-state index in [-0.39, 0.29) is 11.5 Å². The molecule has 0 aromatic heterocycles. The lowest BCUT2D eigenvalue weighted by molar-refractivity contribution is -0.0511. The van der Waals surface area contributed by atoms with Crippen LogP contribution in [0, 0.1) is 5.41 Å². The quantitative estimate of drug-likeness (QED) is 0.843. The predicted molar refractivity (Wildman–Crippen MR) is 69.4 cm³/mol. The molecule has 0 saturated heterocycles. The number of hydrogen-bond donors (Lipinski definition) is 2. The van der Waals surface area contributed by atoms with Gasteiger partial charge in [0.1, 0.15) is 5.75 Å². The molecule has 0 amide bonds. The molecule has 2 rings (SSSR count). The molecule has 0 spiro atoms. The number of rotatable bonds is 4. The van der Waals surface area contributed by atoms with Crippen molar-refractivity contribution in [1.82, 2.24) is 0 Å². The molecule has 1 aromatic rings. The second kappa shape index (κ2) is 4.57.